The Hall–Kier alpha value is -3.12. The van der Waals surface area contributed by atoms with Crippen molar-refractivity contribution >= 4 is 28.3 Å². The third kappa shape index (κ3) is 3.51. The van der Waals surface area contributed by atoms with Crippen LogP contribution in [0.4, 0.5) is 11.4 Å². The minimum absolute atomic E-state index is 0.168. The third-order valence-corrected chi connectivity index (χ3v) is 5.18. The lowest BCUT2D eigenvalue weighted by Crippen LogP contribution is -2.30. The van der Waals surface area contributed by atoms with Crippen LogP contribution < -0.4 is 21.6 Å². The summed E-state index contributed by atoms with van der Waals surface area (Å²) >= 11 is 0. The average Bonchev–Trinajstić information content (AvgIpc) is 2.67. The van der Waals surface area contributed by atoms with Gasteiger partial charge < -0.3 is 20.4 Å². The van der Waals surface area contributed by atoms with Gasteiger partial charge in [0, 0.05) is 55.5 Å². The first-order chi connectivity index (χ1) is 13.5. The number of carbonyl (C=O) groups is 1. The van der Waals surface area contributed by atoms with Gasteiger partial charge in [0.1, 0.15) is 5.58 Å². The Labute approximate surface area is 162 Å². The predicted molar refractivity (Wildman–Crippen MR) is 110 cm³/mol. The number of nitrogens with one attached hydrogen (secondary N) is 1. The molecule has 6 nitrogen and oxygen atoms in total. The zero-order valence-corrected chi connectivity index (χ0v) is 15.8. The zero-order chi connectivity index (χ0) is 19.7. The molecule has 0 aliphatic carbocycles. The fraction of sp³-hybridized carbons (Fsp3) is 0.273. The maximum absolute atomic E-state index is 12.1. The minimum atomic E-state index is -0.393. The first-order valence-corrected chi connectivity index (χ1v) is 9.45. The van der Waals surface area contributed by atoms with Gasteiger partial charge >= 0.3 is 5.63 Å². The summed E-state index contributed by atoms with van der Waals surface area (Å²) in [6, 6.07) is 13.2. The lowest BCUT2D eigenvalue weighted by Gasteiger charge is -2.32. The Morgan fingerprint density at radius 1 is 1.21 bits per heavy atom. The van der Waals surface area contributed by atoms with Gasteiger partial charge in [-0.15, -0.1) is 0 Å². The molecule has 0 unspecified atom stereocenters. The molecule has 1 aromatic heterocycles. The molecule has 3 N–H and O–H groups in total. The smallest absolute Gasteiger partial charge is 0.336 e. The fourth-order valence-electron chi connectivity index (χ4n) is 3.98. The maximum atomic E-state index is 12.1. The topological polar surface area (TPSA) is 88.6 Å². The Morgan fingerprint density at radius 2 is 2.07 bits per heavy atom. The number of nitrogens with two attached hydrogens (primary N) is 1. The molecule has 28 heavy (non-hydrogen) atoms. The van der Waals surface area contributed by atoms with E-state index in [-0.39, 0.29) is 5.91 Å². The number of hydrogen-bond acceptors (Lipinski definition) is 5. The number of rotatable bonds is 4. The van der Waals surface area contributed by atoms with E-state index in [1.54, 1.807) is 12.1 Å². The standard InChI is InChI=1S/C22H23N3O3/c1-14(26)24-17-7-8-19-16(10-22(27)28-21(19)11-17)13-25-9-3-5-18-15(12-23)4-2-6-20(18)25/h2,4,6-8,10-11H,3,5,9,12-13,23H2,1H3,(H,24,26). The third-order valence-electron chi connectivity index (χ3n) is 5.18. The van der Waals surface area contributed by atoms with Gasteiger partial charge in [-0.05, 0) is 47.7 Å². The van der Waals surface area contributed by atoms with E-state index in [9.17, 15) is 9.59 Å². The fourth-order valence-corrected chi connectivity index (χ4v) is 3.98. The van der Waals surface area contributed by atoms with Crippen molar-refractivity contribution in [2.24, 2.45) is 5.73 Å². The minimum Gasteiger partial charge on any atom is -0.423 e. The van der Waals surface area contributed by atoms with Gasteiger partial charge in [0.05, 0.1) is 0 Å². The van der Waals surface area contributed by atoms with Gasteiger partial charge in [-0.25, -0.2) is 4.79 Å². The number of benzene rings is 2. The molecule has 0 fully saturated rings. The van der Waals surface area contributed by atoms with Gasteiger partial charge in [0.15, 0.2) is 0 Å². The van der Waals surface area contributed by atoms with Gasteiger partial charge in [-0.1, -0.05) is 12.1 Å². The van der Waals surface area contributed by atoms with Crippen molar-refractivity contribution in [3.05, 3.63) is 69.6 Å². The van der Waals surface area contributed by atoms with Crippen LogP contribution in [0.1, 0.15) is 30.0 Å². The molecule has 0 saturated heterocycles. The number of hydrogen-bond donors (Lipinski definition) is 2. The van der Waals surface area contributed by atoms with Crippen LogP contribution in [0.3, 0.4) is 0 Å². The molecule has 1 amide bonds. The van der Waals surface area contributed by atoms with Crippen LogP contribution >= 0.6 is 0 Å². The van der Waals surface area contributed by atoms with E-state index < -0.39 is 5.63 Å². The van der Waals surface area contributed by atoms with E-state index >= 15 is 0 Å². The summed E-state index contributed by atoms with van der Waals surface area (Å²) in [4.78, 5) is 25.7. The predicted octanol–water partition coefficient (Wildman–Crippen LogP) is 3.16. The second kappa shape index (κ2) is 7.48. The molecule has 0 saturated carbocycles. The Kier molecular flexibility index (Phi) is 4.88. The molecule has 4 rings (SSSR count). The molecule has 0 atom stereocenters. The Bertz CT molecular complexity index is 1100. The molecule has 2 heterocycles. The van der Waals surface area contributed by atoms with Crippen LogP contribution in [0, 0.1) is 0 Å². The van der Waals surface area contributed by atoms with Gasteiger partial charge in [0.2, 0.25) is 5.91 Å². The van der Waals surface area contributed by atoms with E-state index in [1.807, 2.05) is 18.2 Å². The van der Waals surface area contributed by atoms with Crippen LogP contribution in [0.5, 0.6) is 0 Å². The van der Waals surface area contributed by atoms with Crippen LogP contribution in [0.15, 0.2) is 51.7 Å². The summed E-state index contributed by atoms with van der Waals surface area (Å²) in [5.41, 5.74) is 11.2. The molecular weight excluding hydrogens is 354 g/mol. The normalized spacial score (nSPS) is 13.4. The van der Waals surface area contributed by atoms with E-state index in [4.69, 9.17) is 10.2 Å². The number of carbonyl (C=O) groups excluding carboxylic acids is 1. The average molecular weight is 377 g/mol. The lowest BCUT2D eigenvalue weighted by molar-refractivity contribution is -0.114. The Morgan fingerprint density at radius 3 is 2.86 bits per heavy atom. The van der Waals surface area contributed by atoms with Crippen molar-refractivity contribution in [3.63, 3.8) is 0 Å². The molecular formula is C22H23N3O3. The van der Waals surface area contributed by atoms with Gasteiger partial charge in [0.25, 0.3) is 0 Å². The van der Waals surface area contributed by atoms with E-state index in [1.165, 1.54) is 23.7 Å². The summed E-state index contributed by atoms with van der Waals surface area (Å²) in [5, 5.41) is 3.59. The molecule has 144 valence electrons. The summed E-state index contributed by atoms with van der Waals surface area (Å²) in [6.07, 6.45) is 2.08. The molecule has 6 heteroatoms. The highest BCUT2D eigenvalue weighted by molar-refractivity contribution is 5.92. The zero-order valence-electron chi connectivity index (χ0n) is 15.8. The largest absolute Gasteiger partial charge is 0.423 e. The molecule has 1 aliphatic rings. The SMILES string of the molecule is CC(=O)Nc1ccc2c(CN3CCCc4c(CN)cccc43)cc(=O)oc2c1. The molecule has 3 aromatic rings. The highest BCUT2D eigenvalue weighted by Crippen LogP contribution is 2.32. The second-order valence-corrected chi connectivity index (χ2v) is 7.13. The van der Waals surface area contributed by atoms with Crippen molar-refractivity contribution in [1.29, 1.82) is 0 Å². The molecule has 0 bridgehead atoms. The number of fused-ring (bicyclic) bond motifs is 2. The number of nitrogens with zero attached hydrogens (tertiary/aromatic N) is 1. The van der Waals surface area contributed by atoms with Crippen molar-refractivity contribution < 1.29 is 9.21 Å². The first kappa shape index (κ1) is 18.3. The molecule has 1 aliphatic heterocycles. The molecule has 0 radical (unpaired) electrons. The molecule has 0 spiro atoms. The van der Waals surface area contributed by atoms with Gasteiger partial charge in [-0.3, -0.25) is 4.79 Å². The van der Waals surface area contributed by atoms with Crippen molar-refractivity contribution in [1.82, 2.24) is 0 Å². The maximum Gasteiger partial charge on any atom is 0.336 e. The lowest BCUT2D eigenvalue weighted by atomic mass is 9.95. The summed E-state index contributed by atoms with van der Waals surface area (Å²) in [6.45, 7) is 3.51. The Balaban J connectivity index is 1.73. The van der Waals surface area contributed by atoms with Gasteiger partial charge in [-0.2, -0.15) is 0 Å². The van der Waals surface area contributed by atoms with E-state index in [0.29, 0.717) is 24.4 Å². The van der Waals surface area contributed by atoms with Crippen LogP contribution in [0.2, 0.25) is 0 Å². The quantitative estimate of drug-likeness (QED) is 0.682. The van der Waals surface area contributed by atoms with Crippen LogP contribution in [-0.2, 0) is 24.3 Å². The number of amides is 1. The number of anilines is 2. The van der Waals surface area contributed by atoms with E-state index in [0.717, 1.165) is 30.3 Å². The summed E-state index contributed by atoms with van der Waals surface area (Å²) in [5.74, 6) is -0.168. The van der Waals surface area contributed by atoms with Crippen LogP contribution in [-0.4, -0.2) is 12.5 Å². The van der Waals surface area contributed by atoms with E-state index in [2.05, 4.69) is 22.3 Å². The van der Waals surface area contributed by atoms with Crippen molar-refractivity contribution in [2.75, 3.05) is 16.8 Å². The summed E-state index contributed by atoms with van der Waals surface area (Å²) in [7, 11) is 0. The highest BCUT2D eigenvalue weighted by atomic mass is 16.4. The van der Waals surface area contributed by atoms with Crippen molar-refractivity contribution in [3.8, 4) is 0 Å². The van der Waals surface area contributed by atoms with Crippen LogP contribution in [0.25, 0.3) is 11.0 Å². The second-order valence-electron chi connectivity index (χ2n) is 7.13. The highest BCUT2D eigenvalue weighted by Gasteiger charge is 2.20. The summed E-state index contributed by atoms with van der Waals surface area (Å²) < 4.78 is 5.38. The van der Waals surface area contributed by atoms with Crippen molar-refractivity contribution in [2.45, 2.75) is 32.9 Å². The first-order valence-electron chi connectivity index (χ1n) is 9.45. The monoisotopic (exact) mass is 377 g/mol. The molecule has 2 aromatic carbocycles.